The maximum atomic E-state index is 5.41. The molecule has 0 aliphatic heterocycles. The molecule has 2 aromatic rings. The van der Waals surface area contributed by atoms with E-state index in [-0.39, 0.29) is 0 Å². The zero-order valence-electron chi connectivity index (χ0n) is 9.49. The van der Waals surface area contributed by atoms with Gasteiger partial charge in [0.25, 0.3) is 0 Å². The first kappa shape index (κ1) is 11.0. The Hall–Kier alpha value is -1.48. The molecule has 2 rings (SSSR count). The molecule has 16 heavy (non-hydrogen) atoms. The third-order valence-corrected chi connectivity index (χ3v) is 3.45. The number of nitrogens with one attached hydrogen (secondary N) is 1. The summed E-state index contributed by atoms with van der Waals surface area (Å²) in [6.45, 7) is 2.70. The Morgan fingerprint density at radius 2 is 1.88 bits per heavy atom. The predicted molar refractivity (Wildman–Crippen MR) is 70.5 cm³/mol. The second kappa shape index (κ2) is 5.03. The lowest BCUT2D eigenvalue weighted by molar-refractivity contribution is 0.340. The number of anilines is 1. The lowest BCUT2D eigenvalue weighted by Crippen LogP contribution is -1.90. The van der Waals surface area contributed by atoms with Gasteiger partial charge < -0.3 is 10.1 Å². The van der Waals surface area contributed by atoms with Crippen LogP contribution < -0.4 is 10.1 Å². The average Bonchev–Trinajstić information content (AvgIpc) is 2.79. The molecule has 0 fully saturated rings. The highest BCUT2D eigenvalue weighted by atomic mass is 32.1. The highest BCUT2D eigenvalue weighted by molar-refractivity contribution is 7.19. The Labute approximate surface area is 99.9 Å². The molecule has 0 saturated heterocycles. The summed E-state index contributed by atoms with van der Waals surface area (Å²) < 4.78 is 5.41. The highest BCUT2D eigenvalue weighted by Gasteiger charge is 2.01. The molecule has 0 saturated carbocycles. The molecule has 2 nitrogen and oxygen atoms in total. The number of hydrogen-bond donors (Lipinski definition) is 1. The Bertz CT molecular complexity index is 447. The van der Waals surface area contributed by atoms with Gasteiger partial charge in [0, 0.05) is 11.9 Å². The van der Waals surface area contributed by atoms with E-state index in [0.29, 0.717) is 6.61 Å². The molecular weight excluding hydrogens is 218 g/mol. The normalized spacial score (nSPS) is 10.1. The van der Waals surface area contributed by atoms with Gasteiger partial charge in [-0.3, -0.25) is 0 Å². The highest BCUT2D eigenvalue weighted by Crippen LogP contribution is 2.31. The molecule has 0 radical (unpaired) electrons. The lowest BCUT2D eigenvalue weighted by Gasteiger charge is -2.03. The zero-order valence-corrected chi connectivity index (χ0v) is 10.3. The van der Waals surface area contributed by atoms with Crippen molar-refractivity contribution in [3.63, 3.8) is 0 Å². The summed E-state index contributed by atoms with van der Waals surface area (Å²) in [4.78, 5) is 1.27. The van der Waals surface area contributed by atoms with Crippen LogP contribution in [0.4, 0.5) is 5.00 Å². The summed E-state index contributed by atoms with van der Waals surface area (Å²) in [5, 5.41) is 4.33. The van der Waals surface area contributed by atoms with Crippen LogP contribution in [0.5, 0.6) is 5.75 Å². The van der Waals surface area contributed by atoms with E-state index in [2.05, 4.69) is 29.6 Å². The fourth-order valence-electron chi connectivity index (χ4n) is 1.51. The van der Waals surface area contributed by atoms with Crippen LogP contribution in [-0.2, 0) is 0 Å². The minimum absolute atomic E-state index is 0.711. The molecule has 3 heteroatoms. The van der Waals surface area contributed by atoms with Gasteiger partial charge >= 0.3 is 0 Å². The molecule has 0 unspecified atom stereocenters. The van der Waals surface area contributed by atoms with Crippen LogP contribution in [0.15, 0.2) is 36.4 Å². The minimum Gasteiger partial charge on any atom is -0.494 e. The van der Waals surface area contributed by atoms with Gasteiger partial charge in [-0.15, -0.1) is 11.3 Å². The van der Waals surface area contributed by atoms with Gasteiger partial charge in [0.15, 0.2) is 0 Å². The van der Waals surface area contributed by atoms with Crippen LogP contribution in [0, 0.1) is 0 Å². The average molecular weight is 233 g/mol. The molecule has 0 aliphatic carbocycles. The molecule has 0 atom stereocenters. The largest absolute Gasteiger partial charge is 0.494 e. The van der Waals surface area contributed by atoms with Crippen LogP contribution in [0.25, 0.3) is 10.4 Å². The summed E-state index contributed by atoms with van der Waals surface area (Å²) >= 11 is 1.75. The van der Waals surface area contributed by atoms with Crippen molar-refractivity contribution >= 4 is 16.3 Å². The zero-order chi connectivity index (χ0) is 11.4. The quantitative estimate of drug-likeness (QED) is 0.866. The van der Waals surface area contributed by atoms with Crippen molar-refractivity contribution in [3.8, 4) is 16.2 Å². The van der Waals surface area contributed by atoms with Crippen LogP contribution in [0.1, 0.15) is 6.92 Å². The third-order valence-electron chi connectivity index (χ3n) is 2.30. The molecule has 1 N–H and O–H groups in total. The van der Waals surface area contributed by atoms with Crippen molar-refractivity contribution in [2.24, 2.45) is 0 Å². The van der Waals surface area contributed by atoms with Gasteiger partial charge in [-0.1, -0.05) is 0 Å². The minimum atomic E-state index is 0.711. The summed E-state index contributed by atoms with van der Waals surface area (Å²) in [5.41, 5.74) is 1.23. The van der Waals surface area contributed by atoms with E-state index in [9.17, 15) is 0 Å². The van der Waals surface area contributed by atoms with Crippen LogP contribution in [0.3, 0.4) is 0 Å². The first-order valence-electron chi connectivity index (χ1n) is 5.34. The first-order chi connectivity index (χ1) is 7.83. The van der Waals surface area contributed by atoms with Crippen LogP contribution in [-0.4, -0.2) is 13.7 Å². The third kappa shape index (κ3) is 2.36. The van der Waals surface area contributed by atoms with E-state index in [1.807, 2.05) is 26.1 Å². The molecule has 0 bridgehead atoms. The number of rotatable bonds is 4. The summed E-state index contributed by atoms with van der Waals surface area (Å²) in [7, 11) is 1.94. The van der Waals surface area contributed by atoms with E-state index < -0.39 is 0 Å². The Balaban J connectivity index is 2.20. The van der Waals surface area contributed by atoms with E-state index in [1.165, 1.54) is 15.4 Å². The standard InChI is InChI=1S/C13H15NOS/c1-3-15-11-6-4-10(5-7-11)12-8-9-13(14-2)16-12/h4-9,14H,3H2,1-2H3. The van der Waals surface area contributed by atoms with E-state index >= 15 is 0 Å². The fourth-order valence-corrected chi connectivity index (χ4v) is 2.37. The van der Waals surface area contributed by atoms with E-state index in [1.54, 1.807) is 11.3 Å². The molecule has 1 aromatic heterocycles. The van der Waals surface area contributed by atoms with Gasteiger partial charge in [-0.25, -0.2) is 0 Å². The van der Waals surface area contributed by atoms with Crippen molar-refractivity contribution in [3.05, 3.63) is 36.4 Å². The van der Waals surface area contributed by atoms with Crippen molar-refractivity contribution in [1.82, 2.24) is 0 Å². The SMILES string of the molecule is CCOc1ccc(-c2ccc(NC)s2)cc1. The summed E-state index contributed by atoms with van der Waals surface area (Å²) in [5.74, 6) is 0.927. The van der Waals surface area contributed by atoms with Crippen molar-refractivity contribution in [2.75, 3.05) is 19.0 Å². The van der Waals surface area contributed by atoms with Gasteiger partial charge in [0.05, 0.1) is 11.6 Å². The second-order valence-corrected chi connectivity index (χ2v) is 4.46. The summed E-state index contributed by atoms with van der Waals surface area (Å²) in [6.07, 6.45) is 0. The Kier molecular flexibility index (Phi) is 3.47. The maximum absolute atomic E-state index is 5.41. The second-order valence-electron chi connectivity index (χ2n) is 3.37. The Morgan fingerprint density at radius 3 is 2.44 bits per heavy atom. The lowest BCUT2D eigenvalue weighted by atomic mass is 10.2. The van der Waals surface area contributed by atoms with Crippen molar-refractivity contribution < 1.29 is 4.74 Å². The molecule has 84 valence electrons. The molecular formula is C13H15NOS. The summed E-state index contributed by atoms with van der Waals surface area (Å²) in [6, 6.07) is 12.4. The van der Waals surface area contributed by atoms with Crippen LogP contribution >= 0.6 is 11.3 Å². The monoisotopic (exact) mass is 233 g/mol. The van der Waals surface area contributed by atoms with Gasteiger partial charge in [0.1, 0.15) is 5.75 Å². The van der Waals surface area contributed by atoms with Crippen molar-refractivity contribution in [1.29, 1.82) is 0 Å². The number of thiophene rings is 1. The maximum Gasteiger partial charge on any atom is 0.119 e. The van der Waals surface area contributed by atoms with Gasteiger partial charge in [0.2, 0.25) is 0 Å². The first-order valence-corrected chi connectivity index (χ1v) is 6.16. The molecule has 0 spiro atoms. The number of benzene rings is 1. The molecule has 0 aliphatic rings. The number of ether oxygens (including phenoxy) is 1. The van der Waals surface area contributed by atoms with E-state index in [0.717, 1.165) is 5.75 Å². The topological polar surface area (TPSA) is 21.3 Å². The number of hydrogen-bond acceptors (Lipinski definition) is 3. The van der Waals surface area contributed by atoms with Crippen LogP contribution in [0.2, 0.25) is 0 Å². The Morgan fingerprint density at radius 1 is 1.12 bits per heavy atom. The van der Waals surface area contributed by atoms with E-state index in [4.69, 9.17) is 4.74 Å². The molecule has 1 heterocycles. The molecule has 0 amide bonds. The fraction of sp³-hybridized carbons (Fsp3) is 0.231. The van der Waals surface area contributed by atoms with Gasteiger partial charge in [-0.2, -0.15) is 0 Å². The smallest absolute Gasteiger partial charge is 0.119 e. The molecule has 1 aromatic carbocycles. The van der Waals surface area contributed by atoms with Crippen molar-refractivity contribution in [2.45, 2.75) is 6.92 Å². The van der Waals surface area contributed by atoms with Gasteiger partial charge in [-0.05, 0) is 48.9 Å². The predicted octanol–water partition coefficient (Wildman–Crippen LogP) is 3.86.